The van der Waals surface area contributed by atoms with Gasteiger partial charge >= 0.3 is 0 Å². The number of nitrogens with zero attached hydrogens (tertiary/aromatic N) is 4. The van der Waals surface area contributed by atoms with Crippen LogP contribution in [0, 0.1) is 6.92 Å². The van der Waals surface area contributed by atoms with Crippen molar-refractivity contribution in [2.75, 3.05) is 6.54 Å². The number of aromatic nitrogens is 3. The molecule has 0 saturated carbocycles. The number of aryl methyl sites for hydroxylation is 1. The van der Waals surface area contributed by atoms with Crippen molar-refractivity contribution < 1.29 is 4.79 Å². The van der Waals surface area contributed by atoms with Crippen molar-refractivity contribution >= 4 is 5.91 Å². The Labute approximate surface area is 117 Å². The first-order chi connectivity index (χ1) is 9.77. The van der Waals surface area contributed by atoms with Crippen molar-refractivity contribution in [2.45, 2.75) is 25.8 Å². The molecule has 0 N–H and O–H groups in total. The quantitative estimate of drug-likeness (QED) is 0.837. The molecule has 5 nitrogen and oxygen atoms in total. The molecule has 0 bridgehead atoms. The summed E-state index contributed by atoms with van der Waals surface area (Å²) in [5.41, 5.74) is 2.35. The predicted octanol–water partition coefficient (Wildman–Crippen LogP) is 2.16. The van der Waals surface area contributed by atoms with Crippen molar-refractivity contribution in [1.82, 2.24) is 19.9 Å². The molecule has 102 valence electrons. The fourth-order valence-electron chi connectivity index (χ4n) is 2.66. The maximum Gasteiger partial charge on any atom is 0.273 e. The molecular formula is C15H16N4O. The third-order valence-electron chi connectivity index (χ3n) is 3.67. The van der Waals surface area contributed by atoms with Gasteiger partial charge in [0.2, 0.25) is 0 Å². The van der Waals surface area contributed by atoms with E-state index in [4.69, 9.17) is 0 Å². The summed E-state index contributed by atoms with van der Waals surface area (Å²) >= 11 is 0. The second kappa shape index (κ2) is 5.36. The van der Waals surface area contributed by atoms with Gasteiger partial charge in [-0.05, 0) is 37.5 Å². The molecule has 1 amide bonds. The third kappa shape index (κ3) is 2.27. The zero-order valence-corrected chi connectivity index (χ0v) is 11.4. The molecule has 1 fully saturated rings. The fourth-order valence-corrected chi connectivity index (χ4v) is 2.66. The molecule has 0 unspecified atom stereocenters. The highest BCUT2D eigenvalue weighted by atomic mass is 16.2. The summed E-state index contributed by atoms with van der Waals surface area (Å²) in [6.45, 7) is 2.67. The van der Waals surface area contributed by atoms with Gasteiger partial charge in [-0.2, -0.15) is 0 Å². The van der Waals surface area contributed by atoms with Gasteiger partial charge in [0.1, 0.15) is 12.0 Å². The molecule has 1 aliphatic rings. The highest BCUT2D eigenvalue weighted by Crippen LogP contribution is 2.31. The van der Waals surface area contributed by atoms with Gasteiger partial charge < -0.3 is 4.90 Å². The van der Waals surface area contributed by atoms with E-state index in [0.29, 0.717) is 5.69 Å². The number of carbonyl (C=O) groups is 1. The summed E-state index contributed by atoms with van der Waals surface area (Å²) in [6, 6.07) is 5.67. The largest absolute Gasteiger partial charge is 0.329 e. The van der Waals surface area contributed by atoms with Gasteiger partial charge in [0.05, 0.1) is 11.7 Å². The van der Waals surface area contributed by atoms with E-state index in [9.17, 15) is 4.79 Å². The Morgan fingerprint density at radius 3 is 2.95 bits per heavy atom. The van der Waals surface area contributed by atoms with Crippen molar-refractivity contribution in [1.29, 1.82) is 0 Å². The molecule has 3 heterocycles. The Morgan fingerprint density at radius 2 is 2.20 bits per heavy atom. The van der Waals surface area contributed by atoms with Crippen LogP contribution in [0.2, 0.25) is 0 Å². The monoisotopic (exact) mass is 268 g/mol. The molecule has 3 rings (SSSR count). The van der Waals surface area contributed by atoms with Gasteiger partial charge in [-0.3, -0.25) is 9.78 Å². The molecule has 5 heteroatoms. The molecule has 0 aromatic carbocycles. The molecule has 1 saturated heterocycles. The van der Waals surface area contributed by atoms with Crippen LogP contribution in [0.1, 0.15) is 40.6 Å². The molecule has 2 aromatic rings. The molecule has 1 aliphatic heterocycles. The van der Waals surface area contributed by atoms with Crippen LogP contribution >= 0.6 is 0 Å². The van der Waals surface area contributed by atoms with Crippen molar-refractivity contribution in [3.05, 3.63) is 53.9 Å². The third-order valence-corrected chi connectivity index (χ3v) is 3.67. The first-order valence-corrected chi connectivity index (χ1v) is 6.76. The number of likely N-dealkylation sites (tertiary alicyclic amines) is 1. The Kier molecular flexibility index (Phi) is 3.41. The lowest BCUT2D eigenvalue weighted by molar-refractivity contribution is 0.0726. The first-order valence-electron chi connectivity index (χ1n) is 6.76. The Balaban J connectivity index is 1.90. The van der Waals surface area contributed by atoms with Crippen LogP contribution in [-0.4, -0.2) is 32.3 Å². The lowest BCUT2D eigenvalue weighted by atomic mass is 10.1. The predicted molar refractivity (Wildman–Crippen MR) is 74.0 cm³/mol. The summed E-state index contributed by atoms with van der Waals surface area (Å²) < 4.78 is 0. The summed E-state index contributed by atoms with van der Waals surface area (Å²) in [4.78, 5) is 27.0. The van der Waals surface area contributed by atoms with E-state index in [-0.39, 0.29) is 11.9 Å². The van der Waals surface area contributed by atoms with E-state index in [1.54, 1.807) is 12.4 Å². The summed E-state index contributed by atoms with van der Waals surface area (Å²) in [5, 5.41) is 0. The van der Waals surface area contributed by atoms with Crippen LogP contribution in [-0.2, 0) is 0 Å². The lowest BCUT2D eigenvalue weighted by Gasteiger charge is -2.24. The molecule has 2 aromatic heterocycles. The summed E-state index contributed by atoms with van der Waals surface area (Å²) in [6.07, 6.45) is 6.84. The van der Waals surface area contributed by atoms with E-state index in [1.165, 1.54) is 6.33 Å². The Hall–Kier alpha value is -2.30. The summed E-state index contributed by atoms with van der Waals surface area (Å²) in [7, 11) is 0. The average molecular weight is 268 g/mol. The molecule has 0 aliphatic carbocycles. The SMILES string of the molecule is Cc1cccnc1C(=O)N1CCC[C@@H]1c1ccncn1. The molecule has 20 heavy (non-hydrogen) atoms. The highest BCUT2D eigenvalue weighted by molar-refractivity contribution is 5.94. The minimum absolute atomic E-state index is 0.00999. The zero-order chi connectivity index (χ0) is 13.9. The lowest BCUT2D eigenvalue weighted by Crippen LogP contribution is -2.32. The van der Waals surface area contributed by atoms with Crippen LogP contribution in [0.15, 0.2) is 36.9 Å². The number of pyridine rings is 1. The zero-order valence-electron chi connectivity index (χ0n) is 11.4. The van der Waals surface area contributed by atoms with Crippen LogP contribution in [0.5, 0.6) is 0 Å². The fraction of sp³-hybridized carbons (Fsp3) is 0.333. The maximum atomic E-state index is 12.7. The van der Waals surface area contributed by atoms with Gasteiger partial charge in [-0.15, -0.1) is 0 Å². The second-order valence-electron chi connectivity index (χ2n) is 4.96. The average Bonchev–Trinajstić information content (AvgIpc) is 2.97. The van der Waals surface area contributed by atoms with E-state index >= 15 is 0 Å². The van der Waals surface area contributed by atoms with E-state index < -0.39 is 0 Å². The van der Waals surface area contributed by atoms with E-state index in [2.05, 4.69) is 15.0 Å². The molecule has 1 atom stereocenters. The van der Waals surface area contributed by atoms with Crippen LogP contribution in [0.3, 0.4) is 0 Å². The van der Waals surface area contributed by atoms with Crippen molar-refractivity contribution in [3.63, 3.8) is 0 Å². The van der Waals surface area contributed by atoms with Crippen LogP contribution < -0.4 is 0 Å². The smallest absolute Gasteiger partial charge is 0.273 e. The maximum absolute atomic E-state index is 12.7. The topological polar surface area (TPSA) is 59.0 Å². The van der Waals surface area contributed by atoms with Gasteiger partial charge in [0.15, 0.2) is 0 Å². The van der Waals surface area contributed by atoms with Gasteiger partial charge in [0, 0.05) is 18.9 Å². The molecule has 0 spiro atoms. The van der Waals surface area contributed by atoms with Gasteiger partial charge in [-0.1, -0.05) is 6.07 Å². The molecule has 0 radical (unpaired) electrons. The van der Waals surface area contributed by atoms with Gasteiger partial charge in [0.25, 0.3) is 5.91 Å². The minimum atomic E-state index is -0.00999. The van der Waals surface area contributed by atoms with Crippen molar-refractivity contribution in [2.24, 2.45) is 0 Å². The first kappa shape index (κ1) is 12.7. The summed E-state index contributed by atoms with van der Waals surface area (Å²) in [5.74, 6) is -0.00999. The number of amides is 1. The van der Waals surface area contributed by atoms with Crippen molar-refractivity contribution in [3.8, 4) is 0 Å². The van der Waals surface area contributed by atoms with E-state index in [0.717, 1.165) is 30.6 Å². The Bertz CT molecular complexity index is 614. The Morgan fingerprint density at radius 1 is 1.30 bits per heavy atom. The standard InChI is InChI=1S/C15H16N4O/c1-11-4-2-7-17-14(11)15(20)19-9-3-5-13(19)12-6-8-16-10-18-12/h2,4,6-8,10,13H,3,5,9H2,1H3/t13-/m1/s1. The minimum Gasteiger partial charge on any atom is -0.329 e. The number of rotatable bonds is 2. The number of carbonyl (C=O) groups excluding carboxylic acids is 1. The van der Waals surface area contributed by atoms with E-state index in [1.807, 2.05) is 30.0 Å². The van der Waals surface area contributed by atoms with Crippen LogP contribution in [0.4, 0.5) is 0 Å². The highest BCUT2D eigenvalue weighted by Gasteiger charge is 2.32. The number of hydrogen-bond donors (Lipinski definition) is 0. The molecular weight excluding hydrogens is 252 g/mol. The van der Waals surface area contributed by atoms with Crippen LogP contribution in [0.25, 0.3) is 0 Å². The van der Waals surface area contributed by atoms with Gasteiger partial charge in [-0.25, -0.2) is 9.97 Å². The number of hydrogen-bond acceptors (Lipinski definition) is 4. The second-order valence-corrected chi connectivity index (χ2v) is 4.96. The normalized spacial score (nSPS) is 18.2.